The van der Waals surface area contributed by atoms with E-state index in [1.165, 1.54) is 4.90 Å². The molecule has 2 aromatic rings. The third-order valence-electron chi connectivity index (χ3n) is 3.98. The predicted octanol–water partition coefficient (Wildman–Crippen LogP) is 1.94. The molecule has 0 unspecified atom stereocenters. The van der Waals surface area contributed by atoms with Crippen molar-refractivity contribution in [3.05, 3.63) is 23.1 Å². The summed E-state index contributed by atoms with van der Waals surface area (Å²) in [4.78, 5) is 29.5. The Labute approximate surface area is 130 Å². The molecule has 0 saturated carbocycles. The zero-order chi connectivity index (χ0) is 15.9. The van der Waals surface area contributed by atoms with Gasteiger partial charge in [-0.3, -0.25) is 4.79 Å². The number of pyridine rings is 1. The van der Waals surface area contributed by atoms with Crippen LogP contribution in [-0.4, -0.2) is 52.9 Å². The van der Waals surface area contributed by atoms with E-state index in [0.29, 0.717) is 5.65 Å². The molecule has 6 heteroatoms. The number of fused-ring (bicyclic) bond motifs is 1. The summed E-state index contributed by atoms with van der Waals surface area (Å²) in [5, 5.41) is 0.961. The van der Waals surface area contributed by atoms with Crippen LogP contribution in [0.4, 0.5) is 5.82 Å². The van der Waals surface area contributed by atoms with Crippen LogP contribution in [0.3, 0.4) is 0 Å². The van der Waals surface area contributed by atoms with Crippen molar-refractivity contribution in [3.63, 3.8) is 0 Å². The second-order valence-corrected chi connectivity index (χ2v) is 6.04. The van der Waals surface area contributed by atoms with Crippen molar-refractivity contribution in [1.29, 1.82) is 0 Å². The summed E-state index contributed by atoms with van der Waals surface area (Å²) in [5.41, 5.74) is 2.62. The maximum atomic E-state index is 12.3. The average Bonchev–Trinajstić information content (AvgIpc) is 2.98. The lowest BCUT2D eigenvalue weighted by atomic mass is 10.1. The van der Waals surface area contributed by atoms with Crippen LogP contribution in [0.5, 0.6) is 0 Å². The molecule has 0 N–H and O–H groups in total. The second kappa shape index (κ2) is 5.51. The van der Waals surface area contributed by atoms with Crippen LogP contribution >= 0.6 is 0 Å². The van der Waals surface area contributed by atoms with Crippen LogP contribution in [0.1, 0.15) is 34.7 Å². The van der Waals surface area contributed by atoms with E-state index in [2.05, 4.69) is 19.9 Å². The van der Waals surface area contributed by atoms with E-state index in [9.17, 15) is 4.79 Å². The number of aromatic nitrogens is 3. The average molecular weight is 299 g/mol. The Balaban J connectivity index is 2.26. The number of carbonyl (C=O) groups is 1. The highest BCUT2D eigenvalue weighted by molar-refractivity contribution is 5.96. The first kappa shape index (κ1) is 14.7. The van der Waals surface area contributed by atoms with Gasteiger partial charge in [-0.05, 0) is 38.3 Å². The molecular weight excluding hydrogens is 278 g/mol. The third kappa shape index (κ3) is 2.49. The summed E-state index contributed by atoms with van der Waals surface area (Å²) >= 11 is 0. The molecule has 116 valence electrons. The molecule has 0 aliphatic carbocycles. The molecule has 0 bridgehead atoms. The number of rotatable bonds is 2. The van der Waals surface area contributed by atoms with Crippen LogP contribution in [-0.2, 0) is 0 Å². The number of hydrogen-bond acceptors (Lipinski definition) is 5. The highest BCUT2D eigenvalue weighted by Crippen LogP contribution is 2.29. The fourth-order valence-corrected chi connectivity index (χ4v) is 2.91. The second-order valence-electron chi connectivity index (χ2n) is 6.04. The van der Waals surface area contributed by atoms with Gasteiger partial charge in [-0.1, -0.05) is 0 Å². The lowest BCUT2D eigenvalue weighted by molar-refractivity contribution is 0.0816. The van der Waals surface area contributed by atoms with Gasteiger partial charge in [0.15, 0.2) is 5.65 Å². The minimum atomic E-state index is -0.191. The van der Waals surface area contributed by atoms with Crippen molar-refractivity contribution in [2.75, 3.05) is 32.1 Å². The molecule has 1 amide bonds. The van der Waals surface area contributed by atoms with Crippen LogP contribution in [0, 0.1) is 13.8 Å². The smallest absolute Gasteiger partial charge is 0.291 e. The Morgan fingerprint density at radius 2 is 1.82 bits per heavy atom. The van der Waals surface area contributed by atoms with Gasteiger partial charge in [0.25, 0.3) is 5.91 Å². The normalized spacial score (nSPS) is 14.6. The number of amides is 1. The number of anilines is 1. The quantitative estimate of drug-likeness (QED) is 0.848. The van der Waals surface area contributed by atoms with Gasteiger partial charge in [-0.15, -0.1) is 0 Å². The van der Waals surface area contributed by atoms with Gasteiger partial charge in [0.1, 0.15) is 5.82 Å². The summed E-state index contributed by atoms with van der Waals surface area (Å²) in [7, 11) is 3.42. The Morgan fingerprint density at radius 3 is 2.45 bits per heavy atom. The van der Waals surface area contributed by atoms with Gasteiger partial charge in [0.05, 0.1) is 5.39 Å². The first-order chi connectivity index (χ1) is 10.5. The molecule has 6 nitrogen and oxygen atoms in total. The SMILES string of the molecule is Cc1cc(C)c2c(N3CCCC3)nc(C(=O)N(C)C)nc2n1. The van der Waals surface area contributed by atoms with E-state index in [1.807, 2.05) is 19.9 Å². The van der Waals surface area contributed by atoms with Gasteiger partial charge < -0.3 is 9.80 Å². The Kier molecular flexibility index (Phi) is 3.68. The Hall–Kier alpha value is -2.24. The van der Waals surface area contributed by atoms with E-state index in [0.717, 1.165) is 48.4 Å². The van der Waals surface area contributed by atoms with Crippen molar-refractivity contribution < 1.29 is 4.79 Å². The zero-order valence-corrected chi connectivity index (χ0v) is 13.6. The van der Waals surface area contributed by atoms with Gasteiger partial charge >= 0.3 is 0 Å². The molecule has 22 heavy (non-hydrogen) atoms. The van der Waals surface area contributed by atoms with E-state index in [1.54, 1.807) is 14.1 Å². The fraction of sp³-hybridized carbons (Fsp3) is 0.500. The molecule has 1 fully saturated rings. The van der Waals surface area contributed by atoms with Crippen LogP contribution in [0.15, 0.2) is 6.07 Å². The predicted molar refractivity (Wildman–Crippen MR) is 86.3 cm³/mol. The van der Waals surface area contributed by atoms with Crippen molar-refractivity contribution in [2.45, 2.75) is 26.7 Å². The van der Waals surface area contributed by atoms with Crippen molar-refractivity contribution in [1.82, 2.24) is 19.9 Å². The molecule has 1 aliphatic heterocycles. The highest BCUT2D eigenvalue weighted by Gasteiger charge is 2.23. The molecule has 1 saturated heterocycles. The maximum Gasteiger partial charge on any atom is 0.291 e. The largest absolute Gasteiger partial charge is 0.356 e. The lowest BCUT2D eigenvalue weighted by Gasteiger charge is -2.20. The van der Waals surface area contributed by atoms with Crippen LogP contribution in [0.25, 0.3) is 11.0 Å². The molecule has 3 heterocycles. The van der Waals surface area contributed by atoms with Crippen molar-refractivity contribution >= 4 is 22.8 Å². The lowest BCUT2D eigenvalue weighted by Crippen LogP contribution is -2.27. The third-order valence-corrected chi connectivity index (χ3v) is 3.98. The molecule has 2 aromatic heterocycles. The van der Waals surface area contributed by atoms with E-state index < -0.39 is 0 Å². The molecule has 3 rings (SSSR count). The number of carbonyl (C=O) groups excluding carboxylic acids is 1. The minimum absolute atomic E-state index is 0.191. The van der Waals surface area contributed by atoms with Crippen molar-refractivity contribution in [2.24, 2.45) is 0 Å². The Morgan fingerprint density at radius 1 is 1.14 bits per heavy atom. The van der Waals surface area contributed by atoms with E-state index in [4.69, 9.17) is 0 Å². The number of nitrogens with zero attached hydrogens (tertiary/aromatic N) is 5. The minimum Gasteiger partial charge on any atom is -0.356 e. The van der Waals surface area contributed by atoms with Gasteiger partial charge in [-0.2, -0.15) is 0 Å². The zero-order valence-electron chi connectivity index (χ0n) is 13.6. The molecule has 1 aliphatic rings. The molecule has 0 spiro atoms. The van der Waals surface area contributed by atoms with Gasteiger partial charge in [0.2, 0.25) is 5.82 Å². The first-order valence-electron chi connectivity index (χ1n) is 7.60. The van der Waals surface area contributed by atoms with Gasteiger partial charge in [0, 0.05) is 32.9 Å². The van der Waals surface area contributed by atoms with E-state index in [-0.39, 0.29) is 11.7 Å². The fourth-order valence-electron chi connectivity index (χ4n) is 2.91. The van der Waals surface area contributed by atoms with Crippen molar-refractivity contribution in [3.8, 4) is 0 Å². The Bertz CT molecular complexity index is 735. The van der Waals surface area contributed by atoms with E-state index >= 15 is 0 Å². The molecule has 0 aromatic carbocycles. The monoisotopic (exact) mass is 299 g/mol. The highest BCUT2D eigenvalue weighted by atomic mass is 16.2. The summed E-state index contributed by atoms with van der Waals surface area (Å²) in [6.45, 7) is 5.93. The molecule has 0 atom stereocenters. The summed E-state index contributed by atoms with van der Waals surface area (Å²) in [6, 6.07) is 2.04. The van der Waals surface area contributed by atoms with Gasteiger partial charge in [-0.25, -0.2) is 15.0 Å². The molecular formula is C16H21N5O. The standard InChI is InChI=1S/C16H21N5O/c1-10-9-11(2)17-13-12(10)15(21-7-5-6-8-21)19-14(18-13)16(22)20(3)4/h9H,5-8H2,1-4H3. The summed E-state index contributed by atoms with van der Waals surface area (Å²) in [6.07, 6.45) is 2.31. The number of hydrogen-bond donors (Lipinski definition) is 0. The summed E-state index contributed by atoms with van der Waals surface area (Å²) < 4.78 is 0. The maximum absolute atomic E-state index is 12.3. The first-order valence-corrected chi connectivity index (χ1v) is 7.60. The molecule has 0 radical (unpaired) electrons. The van der Waals surface area contributed by atoms with Crippen LogP contribution in [0.2, 0.25) is 0 Å². The number of aryl methyl sites for hydroxylation is 2. The summed E-state index contributed by atoms with van der Waals surface area (Å²) in [5.74, 6) is 0.873. The topological polar surface area (TPSA) is 62.2 Å². The van der Waals surface area contributed by atoms with Crippen LogP contribution < -0.4 is 4.90 Å².